The zero-order chi connectivity index (χ0) is 11.5. The van der Waals surface area contributed by atoms with Crippen molar-refractivity contribution in [2.24, 2.45) is 0 Å². The van der Waals surface area contributed by atoms with Crippen LogP contribution in [0.4, 0.5) is 0 Å². The van der Waals surface area contributed by atoms with Crippen LogP contribution in [0.3, 0.4) is 0 Å². The maximum absolute atomic E-state index is 5.71. The topological polar surface area (TPSA) is 31.4 Å². The minimum Gasteiger partial charge on any atom is -0.489 e. The van der Waals surface area contributed by atoms with Crippen LogP contribution in [0.2, 0.25) is 0 Å². The molecule has 88 valence electrons. The molecule has 0 N–H and O–H groups in total. The first-order valence-electron chi connectivity index (χ1n) is 6.01. The van der Waals surface area contributed by atoms with Crippen molar-refractivity contribution in [2.45, 2.75) is 18.9 Å². The van der Waals surface area contributed by atoms with E-state index in [-0.39, 0.29) is 6.10 Å². The second-order valence-corrected chi connectivity index (χ2v) is 4.31. The number of nitrogens with zero attached hydrogens (tertiary/aromatic N) is 1. The second-order valence-electron chi connectivity index (χ2n) is 4.31. The molecule has 2 heterocycles. The molecule has 1 aliphatic rings. The highest BCUT2D eigenvalue weighted by Crippen LogP contribution is 2.19. The molecule has 1 fully saturated rings. The molecule has 0 aliphatic carbocycles. The molecule has 1 aromatic heterocycles. The number of fused-ring (bicyclic) bond motifs is 1. The molecular weight excluding hydrogens is 214 g/mol. The van der Waals surface area contributed by atoms with Gasteiger partial charge in [-0.1, -0.05) is 18.2 Å². The third-order valence-corrected chi connectivity index (χ3v) is 3.03. The average Bonchev–Trinajstić information content (AvgIpc) is 2.89. The number of aromatic nitrogens is 1. The van der Waals surface area contributed by atoms with Gasteiger partial charge in [0.05, 0.1) is 17.8 Å². The van der Waals surface area contributed by atoms with Gasteiger partial charge in [-0.15, -0.1) is 0 Å². The summed E-state index contributed by atoms with van der Waals surface area (Å²) < 4.78 is 11.2. The molecule has 1 aromatic carbocycles. The summed E-state index contributed by atoms with van der Waals surface area (Å²) in [4.78, 5) is 4.36. The van der Waals surface area contributed by atoms with Crippen molar-refractivity contribution in [2.75, 3.05) is 13.2 Å². The van der Waals surface area contributed by atoms with E-state index in [0.717, 1.165) is 36.1 Å². The van der Waals surface area contributed by atoms with E-state index >= 15 is 0 Å². The van der Waals surface area contributed by atoms with Crippen molar-refractivity contribution in [1.82, 2.24) is 4.98 Å². The van der Waals surface area contributed by atoms with Gasteiger partial charge in [0, 0.05) is 12.0 Å². The number of rotatable bonds is 3. The molecule has 3 rings (SSSR count). The highest BCUT2D eigenvalue weighted by molar-refractivity contribution is 5.79. The van der Waals surface area contributed by atoms with E-state index in [0.29, 0.717) is 6.61 Å². The number of pyridine rings is 1. The molecule has 0 saturated carbocycles. The fourth-order valence-electron chi connectivity index (χ4n) is 2.09. The zero-order valence-corrected chi connectivity index (χ0v) is 9.63. The second kappa shape index (κ2) is 4.72. The van der Waals surface area contributed by atoms with Crippen LogP contribution in [0.5, 0.6) is 5.75 Å². The summed E-state index contributed by atoms with van der Waals surface area (Å²) in [6, 6.07) is 10.1. The lowest BCUT2D eigenvalue weighted by atomic mass is 10.2. The molecule has 0 bridgehead atoms. The molecule has 0 amide bonds. The Morgan fingerprint density at radius 1 is 1.35 bits per heavy atom. The van der Waals surface area contributed by atoms with Crippen molar-refractivity contribution < 1.29 is 9.47 Å². The summed E-state index contributed by atoms with van der Waals surface area (Å²) in [5.41, 5.74) is 0.997. The normalized spacial score (nSPS) is 19.6. The molecule has 1 saturated heterocycles. The SMILES string of the molecule is c1ccc2ncc(OCC3CCCO3)cc2c1. The third kappa shape index (κ3) is 2.39. The van der Waals surface area contributed by atoms with Gasteiger partial charge in [-0.05, 0) is 25.0 Å². The standard InChI is InChI=1S/C14H15NO2/c1-2-6-14-11(4-1)8-13(9-15-14)17-10-12-5-3-7-16-12/h1-2,4,6,8-9,12H,3,5,7,10H2. The molecule has 0 spiro atoms. The van der Waals surface area contributed by atoms with Gasteiger partial charge in [-0.25, -0.2) is 0 Å². The monoisotopic (exact) mass is 229 g/mol. The Morgan fingerprint density at radius 3 is 3.18 bits per heavy atom. The predicted octanol–water partition coefficient (Wildman–Crippen LogP) is 2.79. The quantitative estimate of drug-likeness (QED) is 0.811. The zero-order valence-electron chi connectivity index (χ0n) is 9.63. The summed E-state index contributed by atoms with van der Waals surface area (Å²) in [7, 11) is 0. The van der Waals surface area contributed by atoms with Gasteiger partial charge in [0.1, 0.15) is 12.4 Å². The Kier molecular flexibility index (Phi) is 2.92. The van der Waals surface area contributed by atoms with Crippen molar-refractivity contribution in [3.8, 4) is 5.75 Å². The fraction of sp³-hybridized carbons (Fsp3) is 0.357. The van der Waals surface area contributed by atoms with Crippen molar-refractivity contribution in [1.29, 1.82) is 0 Å². The van der Waals surface area contributed by atoms with Crippen LogP contribution in [0.25, 0.3) is 10.9 Å². The highest BCUT2D eigenvalue weighted by atomic mass is 16.5. The molecule has 1 unspecified atom stereocenters. The first-order chi connectivity index (χ1) is 8.42. The Bertz CT molecular complexity index is 506. The van der Waals surface area contributed by atoms with Gasteiger partial charge in [0.2, 0.25) is 0 Å². The summed E-state index contributed by atoms with van der Waals surface area (Å²) >= 11 is 0. The van der Waals surface area contributed by atoms with E-state index in [9.17, 15) is 0 Å². The predicted molar refractivity (Wildman–Crippen MR) is 66.2 cm³/mol. The number of hydrogen-bond acceptors (Lipinski definition) is 3. The molecule has 17 heavy (non-hydrogen) atoms. The lowest BCUT2D eigenvalue weighted by molar-refractivity contribution is 0.0679. The van der Waals surface area contributed by atoms with Gasteiger partial charge in [0.25, 0.3) is 0 Å². The van der Waals surface area contributed by atoms with Crippen molar-refractivity contribution in [3.63, 3.8) is 0 Å². The van der Waals surface area contributed by atoms with Gasteiger partial charge in [-0.3, -0.25) is 4.98 Å². The molecule has 3 heteroatoms. The van der Waals surface area contributed by atoms with Crippen molar-refractivity contribution in [3.05, 3.63) is 36.5 Å². The number of hydrogen-bond donors (Lipinski definition) is 0. The van der Waals surface area contributed by atoms with E-state index < -0.39 is 0 Å². The van der Waals surface area contributed by atoms with Crippen molar-refractivity contribution >= 4 is 10.9 Å². The molecule has 2 aromatic rings. The van der Waals surface area contributed by atoms with Crippen LogP contribution in [-0.4, -0.2) is 24.3 Å². The minimum absolute atomic E-state index is 0.251. The van der Waals surface area contributed by atoms with Crippen LogP contribution in [-0.2, 0) is 4.74 Å². The van der Waals surface area contributed by atoms with Crippen LogP contribution >= 0.6 is 0 Å². The van der Waals surface area contributed by atoms with Gasteiger partial charge < -0.3 is 9.47 Å². The number of ether oxygens (including phenoxy) is 2. The number of benzene rings is 1. The average molecular weight is 229 g/mol. The fourth-order valence-corrected chi connectivity index (χ4v) is 2.09. The van der Waals surface area contributed by atoms with Gasteiger partial charge >= 0.3 is 0 Å². The Labute approximate surface area is 100 Å². The van der Waals surface area contributed by atoms with E-state index in [1.807, 2.05) is 30.3 Å². The lowest BCUT2D eigenvalue weighted by Gasteiger charge is -2.11. The Hall–Kier alpha value is -1.61. The molecule has 3 nitrogen and oxygen atoms in total. The maximum Gasteiger partial charge on any atom is 0.138 e. The van der Waals surface area contributed by atoms with E-state index in [4.69, 9.17) is 9.47 Å². The molecule has 0 radical (unpaired) electrons. The highest BCUT2D eigenvalue weighted by Gasteiger charge is 2.15. The first-order valence-corrected chi connectivity index (χ1v) is 6.01. The summed E-state index contributed by atoms with van der Waals surface area (Å²) in [5, 5.41) is 1.11. The van der Waals surface area contributed by atoms with Crippen LogP contribution in [0.15, 0.2) is 36.5 Å². The largest absolute Gasteiger partial charge is 0.489 e. The van der Waals surface area contributed by atoms with E-state index in [2.05, 4.69) is 4.98 Å². The molecule has 1 aliphatic heterocycles. The van der Waals surface area contributed by atoms with Gasteiger partial charge in [-0.2, -0.15) is 0 Å². The summed E-state index contributed by atoms with van der Waals surface area (Å²) in [5.74, 6) is 0.819. The summed E-state index contributed by atoms with van der Waals surface area (Å²) in [6.07, 6.45) is 4.27. The molecular formula is C14H15NO2. The molecule has 1 atom stereocenters. The minimum atomic E-state index is 0.251. The maximum atomic E-state index is 5.71. The van der Waals surface area contributed by atoms with Crippen LogP contribution in [0, 0.1) is 0 Å². The van der Waals surface area contributed by atoms with E-state index in [1.165, 1.54) is 0 Å². The number of para-hydroxylation sites is 1. The lowest BCUT2D eigenvalue weighted by Crippen LogP contribution is -2.16. The van der Waals surface area contributed by atoms with Crippen LogP contribution < -0.4 is 4.74 Å². The Morgan fingerprint density at radius 2 is 2.29 bits per heavy atom. The third-order valence-electron chi connectivity index (χ3n) is 3.03. The first kappa shape index (κ1) is 10.5. The van der Waals surface area contributed by atoms with Crippen LogP contribution in [0.1, 0.15) is 12.8 Å². The summed E-state index contributed by atoms with van der Waals surface area (Å²) in [6.45, 7) is 1.49. The smallest absolute Gasteiger partial charge is 0.138 e. The van der Waals surface area contributed by atoms with Gasteiger partial charge in [0.15, 0.2) is 0 Å². The Balaban J connectivity index is 1.72. The van der Waals surface area contributed by atoms with E-state index in [1.54, 1.807) is 6.20 Å².